The summed E-state index contributed by atoms with van der Waals surface area (Å²) in [5.41, 5.74) is 0. The van der Waals surface area contributed by atoms with Crippen molar-refractivity contribution in [3.63, 3.8) is 0 Å². The van der Waals surface area contributed by atoms with Gasteiger partial charge in [-0.2, -0.15) is 0 Å². The number of nitrogens with zero attached hydrogens (tertiary/aromatic N) is 1. The van der Waals surface area contributed by atoms with Gasteiger partial charge in [0.15, 0.2) is 0 Å². The summed E-state index contributed by atoms with van der Waals surface area (Å²) in [5, 5.41) is 8.25. The number of aliphatic carboxylic acids is 1. The third-order valence-electron chi connectivity index (χ3n) is 3.97. The van der Waals surface area contributed by atoms with Crippen molar-refractivity contribution in [2.45, 2.75) is 62.7 Å². The first kappa shape index (κ1) is 15.4. The van der Waals surface area contributed by atoms with Gasteiger partial charge in [0.1, 0.15) is 0 Å². The zero-order chi connectivity index (χ0) is 14.5. The van der Waals surface area contributed by atoms with Gasteiger partial charge in [-0.15, -0.1) is 11.8 Å². The molecule has 2 aliphatic rings. The van der Waals surface area contributed by atoms with Crippen LogP contribution in [0, 0.1) is 0 Å². The van der Waals surface area contributed by atoms with Crippen molar-refractivity contribution in [1.29, 1.82) is 0 Å². The molecule has 1 aliphatic heterocycles. The topological polar surface area (TPSA) is 74.7 Å². The van der Waals surface area contributed by atoms with E-state index in [0.29, 0.717) is 5.75 Å². The highest BCUT2D eigenvalue weighted by molar-refractivity contribution is 8.00. The Morgan fingerprint density at radius 1 is 1.20 bits per heavy atom. The number of hydrogen-bond acceptors (Lipinski definition) is 4. The minimum absolute atomic E-state index is 0.0338. The average Bonchev–Trinajstić information content (AvgIpc) is 2.60. The molecule has 2 amide bonds. The van der Waals surface area contributed by atoms with Gasteiger partial charge in [-0.25, -0.2) is 0 Å². The first-order valence-electron chi connectivity index (χ1n) is 7.29. The van der Waals surface area contributed by atoms with Gasteiger partial charge in [0.2, 0.25) is 11.8 Å². The molecule has 5 nitrogen and oxygen atoms in total. The monoisotopic (exact) mass is 299 g/mol. The predicted molar refractivity (Wildman–Crippen MR) is 76.5 cm³/mol. The molecule has 1 saturated heterocycles. The average molecular weight is 299 g/mol. The second-order valence-electron chi connectivity index (χ2n) is 5.45. The Morgan fingerprint density at radius 3 is 2.45 bits per heavy atom. The van der Waals surface area contributed by atoms with Crippen LogP contribution in [0.15, 0.2) is 0 Å². The molecule has 20 heavy (non-hydrogen) atoms. The Hall–Kier alpha value is -1.04. The molecular formula is C14H21NO4S. The van der Waals surface area contributed by atoms with E-state index in [2.05, 4.69) is 0 Å². The molecule has 0 aromatic rings. The summed E-state index contributed by atoms with van der Waals surface area (Å²) in [6.45, 7) is 0. The van der Waals surface area contributed by atoms with Gasteiger partial charge in [0.25, 0.3) is 0 Å². The lowest BCUT2D eigenvalue weighted by Gasteiger charge is -2.25. The number of rotatable bonds is 5. The summed E-state index contributed by atoms with van der Waals surface area (Å²) < 4.78 is 0. The lowest BCUT2D eigenvalue weighted by molar-refractivity contribution is -0.141. The maximum absolute atomic E-state index is 12.3. The number of imide groups is 1. The maximum atomic E-state index is 12.3. The number of hydrogen-bond donors (Lipinski definition) is 1. The van der Waals surface area contributed by atoms with Crippen molar-refractivity contribution in [2.24, 2.45) is 0 Å². The van der Waals surface area contributed by atoms with Crippen LogP contribution in [0.2, 0.25) is 0 Å². The Kier molecular flexibility index (Phi) is 5.46. The van der Waals surface area contributed by atoms with Crippen molar-refractivity contribution in [3.8, 4) is 0 Å². The van der Waals surface area contributed by atoms with Crippen LogP contribution in [0.5, 0.6) is 0 Å². The van der Waals surface area contributed by atoms with E-state index in [1.165, 1.54) is 29.5 Å². The number of thioether (sulfide) groups is 1. The molecular weight excluding hydrogens is 278 g/mol. The van der Waals surface area contributed by atoms with Crippen molar-refractivity contribution in [1.82, 2.24) is 4.90 Å². The van der Waals surface area contributed by atoms with Gasteiger partial charge in [-0.3, -0.25) is 19.3 Å². The lowest BCUT2D eigenvalue weighted by Crippen LogP contribution is -2.40. The number of carboxylic acid groups (broad SMARTS) is 1. The molecule has 0 bridgehead atoms. The summed E-state index contributed by atoms with van der Waals surface area (Å²) in [6.07, 6.45) is 6.64. The van der Waals surface area contributed by atoms with Gasteiger partial charge in [0, 0.05) is 18.2 Å². The quantitative estimate of drug-likeness (QED) is 0.621. The number of carbonyl (C=O) groups excluding carboxylic acids is 2. The molecule has 0 radical (unpaired) electrons. The molecule has 1 N–H and O–H groups in total. The van der Waals surface area contributed by atoms with Crippen LogP contribution in [0.4, 0.5) is 0 Å². The molecule has 1 atom stereocenters. The first-order chi connectivity index (χ1) is 9.59. The van der Waals surface area contributed by atoms with E-state index in [4.69, 9.17) is 5.11 Å². The highest BCUT2D eigenvalue weighted by atomic mass is 32.2. The first-order valence-corrected chi connectivity index (χ1v) is 8.34. The Balaban J connectivity index is 1.92. The van der Waals surface area contributed by atoms with Crippen LogP contribution < -0.4 is 0 Å². The molecule has 2 rings (SSSR count). The van der Waals surface area contributed by atoms with Crippen molar-refractivity contribution < 1.29 is 19.5 Å². The van der Waals surface area contributed by atoms with E-state index < -0.39 is 5.97 Å². The minimum Gasteiger partial charge on any atom is -0.481 e. The van der Waals surface area contributed by atoms with Gasteiger partial charge >= 0.3 is 5.97 Å². The second kappa shape index (κ2) is 7.11. The molecule has 0 aromatic carbocycles. The smallest absolute Gasteiger partial charge is 0.304 e. The third kappa shape index (κ3) is 3.75. The molecule has 1 heterocycles. The summed E-state index contributed by atoms with van der Waals surface area (Å²) in [5.74, 6) is -0.653. The van der Waals surface area contributed by atoms with Crippen molar-refractivity contribution in [2.75, 3.05) is 5.75 Å². The number of amides is 2. The lowest BCUT2D eigenvalue weighted by atomic mass is 10.1. The standard InChI is InChI=1S/C14H21NO4S/c16-12-9-11(20-8-7-13(17)18)14(19)15(12)10-5-3-1-2-4-6-10/h10-11H,1-9H2,(H,17,18). The zero-order valence-electron chi connectivity index (χ0n) is 11.5. The molecule has 112 valence electrons. The van der Waals surface area contributed by atoms with Gasteiger partial charge < -0.3 is 5.11 Å². The Labute approximate surface area is 123 Å². The molecule has 0 spiro atoms. The zero-order valence-corrected chi connectivity index (χ0v) is 12.4. The molecule has 1 aliphatic carbocycles. The summed E-state index contributed by atoms with van der Waals surface area (Å²) in [7, 11) is 0. The van der Waals surface area contributed by atoms with E-state index in [1.54, 1.807) is 0 Å². The van der Waals surface area contributed by atoms with E-state index in [0.717, 1.165) is 25.7 Å². The number of carbonyl (C=O) groups is 3. The van der Waals surface area contributed by atoms with Crippen LogP contribution >= 0.6 is 11.8 Å². The van der Waals surface area contributed by atoms with Crippen LogP contribution in [-0.2, 0) is 14.4 Å². The minimum atomic E-state index is -0.866. The van der Waals surface area contributed by atoms with Crippen LogP contribution in [0.1, 0.15) is 51.4 Å². The van der Waals surface area contributed by atoms with E-state index >= 15 is 0 Å². The molecule has 2 fully saturated rings. The van der Waals surface area contributed by atoms with E-state index in [9.17, 15) is 14.4 Å². The maximum Gasteiger partial charge on any atom is 0.304 e. The number of likely N-dealkylation sites (tertiary alicyclic amines) is 1. The molecule has 1 saturated carbocycles. The summed E-state index contributed by atoms with van der Waals surface area (Å²) in [4.78, 5) is 36.4. The fraction of sp³-hybridized carbons (Fsp3) is 0.786. The van der Waals surface area contributed by atoms with Crippen LogP contribution in [0.25, 0.3) is 0 Å². The summed E-state index contributed by atoms with van der Waals surface area (Å²) in [6, 6.07) is 0.0718. The molecule has 6 heteroatoms. The van der Waals surface area contributed by atoms with Gasteiger partial charge in [-0.1, -0.05) is 25.7 Å². The normalized spacial score (nSPS) is 25.0. The predicted octanol–water partition coefficient (Wildman–Crippen LogP) is 2.04. The highest BCUT2D eigenvalue weighted by Crippen LogP contribution is 2.31. The van der Waals surface area contributed by atoms with E-state index in [-0.39, 0.29) is 35.9 Å². The Morgan fingerprint density at radius 2 is 1.85 bits per heavy atom. The fourth-order valence-corrected chi connectivity index (χ4v) is 4.03. The molecule has 0 aromatic heterocycles. The van der Waals surface area contributed by atoms with Crippen molar-refractivity contribution in [3.05, 3.63) is 0 Å². The van der Waals surface area contributed by atoms with Crippen molar-refractivity contribution >= 4 is 29.5 Å². The highest BCUT2D eigenvalue weighted by Gasteiger charge is 2.42. The summed E-state index contributed by atoms with van der Waals surface area (Å²) >= 11 is 1.30. The third-order valence-corrected chi connectivity index (χ3v) is 5.18. The van der Waals surface area contributed by atoms with Gasteiger partial charge in [-0.05, 0) is 12.8 Å². The number of carboxylic acids is 1. The van der Waals surface area contributed by atoms with Crippen LogP contribution in [0.3, 0.4) is 0 Å². The molecule has 1 unspecified atom stereocenters. The Bertz CT molecular complexity index is 391. The largest absolute Gasteiger partial charge is 0.481 e. The second-order valence-corrected chi connectivity index (χ2v) is 6.77. The van der Waals surface area contributed by atoms with Crippen LogP contribution in [-0.4, -0.2) is 44.8 Å². The van der Waals surface area contributed by atoms with Gasteiger partial charge in [0.05, 0.1) is 11.7 Å². The van der Waals surface area contributed by atoms with E-state index in [1.807, 2.05) is 0 Å². The SMILES string of the molecule is O=C(O)CCSC1CC(=O)N(C2CCCCCC2)C1=O. The fourth-order valence-electron chi connectivity index (χ4n) is 2.94.